The van der Waals surface area contributed by atoms with Crippen LogP contribution in [0.4, 0.5) is 17.5 Å². The predicted octanol–water partition coefficient (Wildman–Crippen LogP) is 1.64. The quantitative estimate of drug-likeness (QED) is 0.466. The Labute approximate surface area is 123 Å². The standard InChI is InChI=1S/C13H22N6O2/c1-10-5-2-3-7-18(10)8-4-6-15-12-11(19(20)21)9-16-13(14)17-12/h9-10H,2-8H2,1H3,(H3,14,15,16,17). The summed E-state index contributed by atoms with van der Waals surface area (Å²) in [5, 5.41) is 13.9. The molecule has 21 heavy (non-hydrogen) atoms. The van der Waals surface area contributed by atoms with Crippen molar-refractivity contribution in [1.29, 1.82) is 0 Å². The molecule has 1 atom stereocenters. The minimum absolute atomic E-state index is 0.0350. The van der Waals surface area contributed by atoms with Crippen LogP contribution >= 0.6 is 0 Å². The molecule has 116 valence electrons. The molecule has 0 spiro atoms. The molecule has 8 heteroatoms. The van der Waals surface area contributed by atoms with E-state index in [2.05, 4.69) is 27.1 Å². The first-order chi connectivity index (χ1) is 10.1. The fourth-order valence-electron chi connectivity index (χ4n) is 2.63. The Morgan fingerprint density at radius 1 is 1.57 bits per heavy atom. The number of nitrogen functional groups attached to an aromatic ring is 1. The van der Waals surface area contributed by atoms with Gasteiger partial charge in [0, 0.05) is 19.1 Å². The van der Waals surface area contributed by atoms with E-state index < -0.39 is 4.92 Å². The van der Waals surface area contributed by atoms with E-state index in [1.165, 1.54) is 19.3 Å². The van der Waals surface area contributed by atoms with E-state index in [-0.39, 0.29) is 17.5 Å². The zero-order valence-corrected chi connectivity index (χ0v) is 12.3. The maximum absolute atomic E-state index is 10.9. The molecular formula is C13H22N6O2. The summed E-state index contributed by atoms with van der Waals surface area (Å²) in [4.78, 5) is 20.4. The summed E-state index contributed by atoms with van der Waals surface area (Å²) < 4.78 is 0. The average Bonchev–Trinajstić information content (AvgIpc) is 2.45. The van der Waals surface area contributed by atoms with Gasteiger partial charge in [-0.1, -0.05) is 6.42 Å². The molecule has 2 heterocycles. The summed E-state index contributed by atoms with van der Waals surface area (Å²) in [6.07, 6.45) is 5.86. The van der Waals surface area contributed by atoms with Crippen molar-refractivity contribution in [3.8, 4) is 0 Å². The Morgan fingerprint density at radius 3 is 3.10 bits per heavy atom. The monoisotopic (exact) mass is 294 g/mol. The van der Waals surface area contributed by atoms with E-state index >= 15 is 0 Å². The minimum Gasteiger partial charge on any atom is -0.368 e. The highest BCUT2D eigenvalue weighted by Crippen LogP contribution is 2.21. The summed E-state index contributed by atoms with van der Waals surface area (Å²) in [5.41, 5.74) is 5.33. The van der Waals surface area contributed by atoms with Crippen LogP contribution in [0, 0.1) is 10.1 Å². The van der Waals surface area contributed by atoms with Gasteiger partial charge in [-0.25, -0.2) is 4.98 Å². The van der Waals surface area contributed by atoms with E-state index in [1.54, 1.807) is 0 Å². The summed E-state index contributed by atoms with van der Waals surface area (Å²) in [6.45, 7) is 5.01. The third kappa shape index (κ3) is 4.25. The Morgan fingerprint density at radius 2 is 2.38 bits per heavy atom. The molecule has 1 aromatic rings. The van der Waals surface area contributed by atoms with Crippen LogP contribution in [0.15, 0.2) is 6.20 Å². The first-order valence-corrected chi connectivity index (χ1v) is 7.32. The van der Waals surface area contributed by atoms with E-state index in [9.17, 15) is 10.1 Å². The second-order valence-corrected chi connectivity index (χ2v) is 5.38. The molecule has 0 saturated carbocycles. The molecule has 0 bridgehead atoms. The molecule has 1 aliphatic heterocycles. The van der Waals surface area contributed by atoms with E-state index in [0.717, 1.165) is 25.7 Å². The third-order valence-corrected chi connectivity index (χ3v) is 3.84. The zero-order valence-electron chi connectivity index (χ0n) is 12.3. The SMILES string of the molecule is CC1CCCCN1CCCNc1nc(N)ncc1[N+](=O)[O-]. The number of hydrogen-bond donors (Lipinski definition) is 2. The lowest BCUT2D eigenvalue weighted by molar-refractivity contribution is -0.384. The number of anilines is 2. The Hall–Kier alpha value is -1.96. The van der Waals surface area contributed by atoms with Crippen LogP contribution in [0.3, 0.4) is 0 Å². The second kappa shape index (κ2) is 7.16. The van der Waals surface area contributed by atoms with Crippen molar-refractivity contribution in [2.75, 3.05) is 30.7 Å². The number of likely N-dealkylation sites (tertiary alicyclic amines) is 1. The highest BCUT2D eigenvalue weighted by atomic mass is 16.6. The lowest BCUT2D eigenvalue weighted by atomic mass is 10.0. The molecule has 1 unspecified atom stereocenters. The van der Waals surface area contributed by atoms with Gasteiger partial charge in [0.25, 0.3) is 0 Å². The van der Waals surface area contributed by atoms with Gasteiger partial charge in [0.05, 0.1) is 4.92 Å². The summed E-state index contributed by atoms with van der Waals surface area (Å²) in [6, 6.07) is 0.628. The molecule has 8 nitrogen and oxygen atoms in total. The molecule has 1 aliphatic rings. The van der Waals surface area contributed by atoms with Crippen molar-refractivity contribution in [1.82, 2.24) is 14.9 Å². The zero-order chi connectivity index (χ0) is 15.2. The number of piperidine rings is 1. The van der Waals surface area contributed by atoms with Crippen molar-refractivity contribution in [3.63, 3.8) is 0 Å². The number of nitro groups is 1. The number of nitrogens with zero attached hydrogens (tertiary/aromatic N) is 4. The molecule has 0 radical (unpaired) electrons. The minimum atomic E-state index is -0.505. The van der Waals surface area contributed by atoms with Gasteiger partial charge < -0.3 is 16.0 Å². The first-order valence-electron chi connectivity index (χ1n) is 7.32. The molecule has 0 aromatic carbocycles. The normalized spacial score (nSPS) is 19.4. The molecule has 1 saturated heterocycles. The highest BCUT2D eigenvalue weighted by Gasteiger charge is 2.18. The maximum Gasteiger partial charge on any atom is 0.329 e. The van der Waals surface area contributed by atoms with Crippen LogP contribution in [0.2, 0.25) is 0 Å². The van der Waals surface area contributed by atoms with Crippen molar-refractivity contribution in [3.05, 3.63) is 16.3 Å². The van der Waals surface area contributed by atoms with Gasteiger partial charge in [-0.2, -0.15) is 4.98 Å². The third-order valence-electron chi connectivity index (χ3n) is 3.84. The van der Waals surface area contributed by atoms with Crippen molar-refractivity contribution in [2.24, 2.45) is 0 Å². The Balaban J connectivity index is 1.83. The summed E-state index contributed by atoms with van der Waals surface area (Å²) in [5.74, 6) is 0.229. The van der Waals surface area contributed by atoms with Gasteiger partial charge in [-0.15, -0.1) is 0 Å². The fourth-order valence-corrected chi connectivity index (χ4v) is 2.63. The van der Waals surface area contributed by atoms with Gasteiger partial charge in [0.15, 0.2) is 0 Å². The van der Waals surface area contributed by atoms with E-state index in [0.29, 0.717) is 12.6 Å². The molecule has 1 aromatic heterocycles. The van der Waals surface area contributed by atoms with Gasteiger partial charge in [-0.05, 0) is 32.7 Å². The van der Waals surface area contributed by atoms with Gasteiger partial charge in [-0.3, -0.25) is 10.1 Å². The van der Waals surface area contributed by atoms with Crippen molar-refractivity contribution < 1.29 is 4.92 Å². The first kappa shape index (κ1) is 15.4. The Kier molecular flexibility index (Phi) is 5.26. The van der Waals surface area contributed by atoms with Gasteiger partial charge in [0.2, 0.25) is 11.8 Å². The van der Waals surface area contributed by atoms with Crippen molar-refractivity contribution in [2.45, 2.75) is 38.6 Å². The molecule has 2 rings (SSSR count). The van der Waals surface area contributed by atoms with Crippen LogP contribution in [0.5, 0.6) is 0 Å². The molecule has 0 amide bonds. The molecular weight excluding hydrogens is 272 g/mol. The fraction of sp³-hybridized carbons (Fsp3) is 0.692. The smallest absolute Gasteiger partial charge is 0.329 e. The van der Waals surface area contributed by atoms with Gasteiger partial charge in [0.1, 0.15) is 6.20 Å². The van der Waals surface area contributed by atoms with Crippen LogP contribution in [-0.4, -0.2) is 45.5 Å². The predicted molar refractivity (Wildman–Crippen MR) is 81.1 cm³/mol. The number of aromatic nitrogens is 2. The summed E-state index contributed by atoms with van der Waals surface area (Å²) in [7, 11) is 0. The number of nitrogens with two attached hydrogens (primary N) is 1. The number of nitrogens with one attached hydrogen (secondary N) is 1. The van der Waals surface area contributed by atoms with Crippen molar-refractivity contribution >= 4 is 17.5 Å². The number of rotatable bonds is 6. The lowest BCUT2D eigenvalue weighted by Gasteiger charge is -2.33. The second-order valence-electron chi connectivity index (χ2n) is 5.38. The van der Waals surface area contributed by atoms with Gasteiger partial charge >= 0.3 is 5.69 Å². The number of hydrogen-bond acceptors (Lipinski definition) is 7. The van der Waals surface area contributed by atoms with Crippen LogP contribution in [0.1, 0.15) is 32.6 Å². The average molecular weight is 294 g/mol. The van der Waals surface area contributed by atoms with Crippen LogP contribution in [0.25, 0.3) is 0 Å². The lowest BCUT2D eigenvalue weighted by Crippen LogP contribution is -2.38. The highest BCUT2D eigenvalue weighted by molar-refractivity contribution is 5.56. The van der Waals surface area contributed by atoms with Crippen LogP contribution in [-0.2, 0) is 0 Å². The van der Waals surface area contributed by atoms with E-state index in [4.69, 9.17) is 5.73 Å². The molecule has 0 aliphatic carbocycles. The maximum atomic E-state index is 10.9. The topological polar surface area (TPSA) is 110 Å². The molecule has 3 N–H and O–H groups in total. The largest absolute Gasteiger partial charge is 0.368 e. The van der Waals surface area contributed by atoms with Crippen LogP contribution < -0.4 is 11.1 Å². The van der Waals surface area contributed by atoms with E-state index in [1.807, 2.05) is 0 Å². The molecule has 1 fully saturated rings. The summed E-state index contributed by atoms with van der Waals surface area (Å²) >= 11 is 0. The Bertz CT molecular complexity index is 496.